The van der Waals surface area contributed by atoms with Crippen LogP contribution in [0.25, 0.3) is 0 Å². The summed E-state index contributed by atoms with van der Waals surface area (Å²) in [7, 11) is -5.97. The van der Waals surface area contributed by atoms with Gasteiger partial charge in [0, 0.05) is 62.4 Å². The monoisotopic (exact) mass is 521 g/mol. The second kappa shape index (κ2) is 9.81. The maximum Gasteiger partial charge on any atom is 0.256 e. The highest BCUT2D eigenvalue weighted by Crippen LogP contribution is 2.29. The summed E-state index contributed by atoms with van der Waals surface area (Å²) in [6.45, 7) is 3.37. The van der Waals surface area contributed by atoms with Crippen molar-refractivity contribution in [2.24, 2.45) is 0 Å². The van der Waals surface area contributed by atoms with Crippen LogP contribution in [0.1, 0.15) is 29.6 Å². The number of benzene rings is 2. The zero-order valence-corrected chi connectivity index (χ0v) is 21.8. The van der Waals surface area contributed by atoms with Crippen LogP contribution in [0.5, 0.6) is 0 Å². The first kappa shape index (κ1) is 25.5. The SMILES string of the molecule is C=S(C)(=O)c1ccc(N2CCCCC2)c(C(=O)N2CCN(c3ccc(S(C)(=O)=O)cc3F)CC2)c1. The fourth-order valence-electron chi connectivity index (χ4n) is 4.66. The first-order valence-corrected chi connectivity index (χ1v) is 15.7. The molecule has 2 aromatic rings. The summed E-state index contributed by atoms with van der Waals surface area (Å²) in [4.78, 5) is 19.9. The molecule has 0 N–H and O–H groups in total. The van der Waals surface area contributed by atoms with Crippen molar-refractivity contribution in [3.8, 4) is 0 Å². The Morgan fingerprint density at radius 1 is 0.800 bits per heavy atom. The molecule has 0 bridgehead atoms. The molecular formula is C25H32FN3O4S2. The van der Waals surface area contributed by atoms with E-state index in [-0.39, 0.29) is 10.8 Å². The molecule has 0 spiro atoms. The first-order valence-electron chi connectivity index (χ1n) is 11.7. The standard InChI is InChI=1S/C25H32FN3O4S2/c1-34(2,31)19-7-9-23(27-11-5-4-6-12-27)21(17-19)25(30)29-15-13-28(14-16-29)24-10-8-20(18-22(24)26)35(3,32)33/h7-10,17-18H,1,4-6,11-16H2,2-3H3. The van der Waals surface area contributed by atoms with Gasteiger partial charge in [-0.2, -0.15) is 0 Å². The fourth-order valence-corrected chi connectivity index (χ4v) is 6.02. The molecule has 1 unspecified atom stereocenters. The predicted molar refractivity (Wildman–Crippen MR) is 140 cm³/mol. The van der Waals surface area contributed by atoms with Gasteiger partial charge in [-0.1, -0.05) is 0 Å². The van der Waals surface area contributed by atoms with E-state index in [1.54, 1.807) is 23.3 Å². The number of halogens is 1. The summed E-state index contributed by atoms with van der Waals surface area (Å²) < 4.78 is 50.7. The number of rotatable bonds is 5. The van der Waals surface area contributed by atoms with E-state index in [4.69, 9.17) is 0 Å². The maximum atomic E-state index is 14.7. The molecule has 0 radical (unpaired) electrons. The van der Waals surface area contributed by atoms with E-state index in [1.165, 1.54) is 18.6 Å². The maximum absolute atomic E-state index is 14.7. The molecule has 0 saturated carbocycles. The van der Waals surface area contributed by atoms with Gasteiger partial charge in [0.25, 0.3) is 5.91 Å². The Bertz CT molecular complexity index is 1330. The highest BCUT2D eigenvalue weighted by atomic mass is 32.2. The minimum atomic E-state index is -3.49. The number of nitrogens with zero attached hydrogens (tertiary/aromatic N) is 3. The van der Waals surface area contributed by atoms with E-state index in [1.807, 2.05) is 11.0 Å². The number of carbonyl (C=O) groups is 1. The number of hydrogen-bond acceptors (Lipinski definition) is 6. The van der Waals surface area contributed by atoms with Gasteiger partial charge < -0.3 is 14.7 Å². The molecule has 1 amide bonds. The van der Waals surface area contributed by atoms with Crippen LogP contribution in [0.4, 0.5) is 15.8 Å². The number of sulfone groups is 1. The Balaban J connectivity index is 1.55. The third-order valence-corrected chi connectivity index (χ3v) is 9.01. The smallest absolute Gasteiger partial charge is 0.256 e. The van der Waals surface area contributed by atoms with E-state index in [0.717, 1.165) is 43.9 Å². The number of piperazine rings is 1. The summed E-state index contributed by atoms with van der Waals surface area (Å²) in [6.07, 6.45) is 5.92. The molecule has 2 heterocycles. The Morgan fingerprint density at radius 3 is 1.94 bits per heavy atom. The van der Waals surface area contributed by atoms with Crippen molar-refractivity contribution in [2.45, 2.75) is 29.1 Å². The molecule has 1 atom stereocenters. The Morgan fingerprint density at radius 2 is 1.37 bits per heavy atom. The summed E-state index contributed by atoms with van der Waals surface area (Å²) in [5, 5.41) is 0. The van der Waals surface area contributed by atoms with Crippen molar-refractivity contribution in [1.82, 2.24) is 4.90 Å². The van der Waals surface area contributed by atoms with Crippen LogP contribution >= 0.6 is 0 Å². The molecule has 35 heavy (non-hydrogen) atoms. The highest BCUT2D eigenvalue weighted by molar-refractivity contribution is 7.99. The van der Waals surface area contributed by atoms with Crippen LogP contribution in [-0.4, -0.2) is 81.1 Å². The van der Waals surface area contributed by atoms with Crippen molar-refractivity contribution in [3.05, 3.63) is 47.8 Å². The summed E-state index contributed by atoms with van der Waals surface area (Å²) in [5.41, 5.74) is 1.70. The van der Waals surface area contributed by atoms with E-state index in [9.17, 15) is 21.8 Å². The molecule has 10 heteroatoms. The van der Waals surface area contributed by atoms with E-state index < -0.39 is 25.2 Å². The van der Waals surface area contributed by atoms with Crippen LogP contribution in [0.15, 0.2) is 46.2 Å². The lowest BCUT2D eigenvalue weighted by atomic mass is 10.1. The topological polar surface area (TPSA) is 78.0 Å². The zero-order valence-electron chi connectivity index (χ0n) is 20.2. The first-order chi connectivity index (χ1) is 16.4. The average Bonchev–Trinajstić information content (AvgIpc) is 2.83. The molecule has 0 aliphatic carbocycles. The zero-order chi connectivity index (χ0) is 25.4. The van der Waals surface area contributed by atoms with E-state index in [0.29, 0.717) is 42.3 Å². The number of piperidine rings is 1. The quantitative estimate of drug-likeness (QED) is 0.563. The van der Waals surface area contributed by atoms with Crippen LogP contribution < -0.4 is 9.80 Å². The number of carbonyl (C=O) groups excluding carboxylic acids is 1. The fraction of sp³-hybridized carbons (Fsp3) is 0.440. The molecular weight excluding hydrogens is 489 g/mol. The molecule has 7 nitrogen and oxygen atoms in total. The minimum Gasteiger partial charge on any atom is -0.371 e. The predicted octanol–water partition coefficient (Wildman–Crippen LogP) is 2.89. The molecule has 2 saturated heterocycles. The summed E-state index contributed by atoms with van der Waals surface area (Å²) in [5.74, 6) is 3.05. The highest BCUT2D eigenvalue weighted by Gasteiger charge is 2.28. The molecule has 4 rings (SSSR count). The number of hydrogen-bond donors (Lipinski definition) is 0. The lowest BCUT2D eigenvalue weighted by Crippen LogP contribution is -2.49. The lowest BCUT2D eigenvalue weighted by molar-refractivity contribution is 0.0747. The van der Waals surface area contributed by atoms with Crippen LogP contribution in [-0.2, 0) is 19.4 Å². The van der Waals surface area contributed by atoms with Crippen molar-refractivity contribution in [2.75, 3.05) is 61.6 Å². The largest absolute Gasteiger partial charge is 0.371 e. The number of amides is 1. The Hall–Kier alpha value is -2.59. The van der Waals surface area contributed by atoms with Gasteiger partial charge in [0.05, 0.1) is 16.1 Å². The van der Waals surface area contributed by atoms with Crippen LogP contribution in [0.2, 0.25) is 0 Å². The lowest BCUT2D eigenvalue weighted by Gasteiger charge is -2.37. The van der Waals surface area contributed by atoms with Crippen molar-refractivity contribution in [1.29, 1.82) is 0 Å². The third kappa shape index (κ3) is 5.64. The van der Waals surface area contributed by atoms with Crippen molar-refractivity contribution in [3.63, 3.8) is 0 Å². The van der Waals surface area contributed by atoms with Gasteiger partial charge in [-0.25, -0.2) is 12.8 Å². The minimum absolute atomic E-state index is 0.0596. The van der Waals surface area contributed by atoms with Gasteiger partial charge in [0.15, 0.2) is 9.84 Å². The van der Waals surface area contributed by atoms with Crippen LogP contribution in [0, 0.1) is 5.82 Å². The molecule has 190 valence electrons. The second-order valence-electron chi connectivity index (χ2n) is 9.40. The Labute approximate surface area is 207 Å². The number of anilines is 2. The van der Waals surface area contributed by atoms with Crippen molar-refractivity contribution >= 4 is 42.5 Å². The van der Waals surface area contributed by atoms with Crippen molar-refractivity contribution < 1.29 is 21.8 Å². The van der Waals surface area contributed by atoms with E-state index in [2.05, 4.69) is 10.8 Å². The van der Waals surface area contributed by atoms with Gasteiger partial charge in [-0.15, -0.1) is 0 Å². The molecule has 0 aromatic heterocycles. The van der Waals surface area contributed by atoms with Gasteiger partial charge in [0.2, 0.25) is 0 Å². The Kier molecular flexibility index (Phi) is 7.15. The molecule has 2 aliphatic rings. The molecule has 2 aromatic carbocycles. The van der Waals surface area contributed by atoms with Crippen LogP contribution in [0.3, 0.4) is 0 Å². The second-order valence-corrected chi connectivity index (χ2v) is 13.9. The average molecular weight is 522 g/mol. The van der Waals surface area contributed by atoms with Gasteiger partial charge in [-0.3, -0.25) is 9.00 Å². The van der Waals surface area contributed by atoms with Gasteiger partial charge in [0.1, 0.15) is 5.82 Å². The molecule has 2 fully saturated rings. The summed E-state index contributed by atoms with van der Waals surface area (Å²) in [6, 6.07) is 9.33. The van der Waals surface area contributed by atoms with Gasteiger partial charge >= 0.3 is 0 Å². The van der Waals surface area contributed by atoms with Gasteiger partial charge in [-0.05, 0) is 71.1 Å². The van der Waals surface area contributed by atoms with E-state index >= 15 is 0 Å². The molecule has 2 aliphatic heterocycles. The third-order valence-electron chi connectivity index (χ3n) is 6.65. The summed E-state index contributed by atoms with van der Waals surface area (Å²) >= 11 is 0. The normalized spacial score (nSPS) is 18.9.